The van der Waals surface area contributed by atoms with Crippen molar-refractivity contribution in [3.63, 3.8) is 0 Å². The SMILES string of the molecule is COC(=O)c1cccnc1NCC1CCCc2cc(Oc3cccc(C)n3)ccc21. The molecule has 2 heterocycles. The summed E-state index contributed by atoms with van der Waals surface area (Å²) in [6.45, 7) is 2.65. The van der Waals surface area contributed by atoms with Crippen LogP contribution in [0.15, 0.2) is 54.7 Å². The number of methoxy groups -OCH3 is 1. The fourth-order valence-electron chi connectivity index (χ4n) is 3.90. The molecule has 0 radical (unpaired) electrons. The number of aromatic nitrogens is 2. The molecule has 0 saturated carbocycles. The Hall–Kier alpha value is -3.41. The topological polar surface area (TPSA) is 73.3 Å². The highest BCUT2D eigenvalue weighted by atomic mass is 16.5. The first-order valence-corrected chi connectivity index (χ1v) is 10.2. The number of ether oxygens (including phenoxy) is 2. The summed E-state index contributed by atoms with van der Waals surface area (Å²) in [7, 11) is 1.38. The molecule has 1 unspecified atom stereocenters. The maximum absolute atomic E-state index is 12.0. The number of pyridine rings is 2. The normalized spacial score (nSPS) is 15.2. The van der Waals surface area contributed by atoms with Crippen molar-refractivity contribution in [3.8, 4) is 11.6 Å². The first kappa shape index (κ1) is 19.9. The third kappa shape index (κ3) is 4.43. The van der Waals surface area contributed by atoms with E-state index < -0.39 is 0 Å². The van der Waals surface area contributed by atoms with Crippen molar-refractivity contribution in [1.29, 1.82) is 0 Å². The van der Waals surface area contributed by atoms with Crippen molar-refractivity contribution in [2.24, 2.45) is 0 Å². The van der Waals surface area contributed by atoms with E-state index in [9.17, 15) is 4.79 Å². The van der Waals surface area contributed by atoms with E-state index in [1.807, 2.05) is 31.2 Å². The Kier molecular flexibility index (Phi) is 5.93. The van der Waals surface area contributed by atoms with Crippen molar-refractivity contribution in [2.75, 3.05) is 19.0 Å². The number of hydrogen-bond acceptors (Lipinski definition) is 6. The first-order chi connectivity index (χ1) is 14.6. The molecule has 1 aliphatic carbocycles. The van der Waals surface area contributed by atoms with Gasteiger partial charge in [0.1, 0.15) is 17.1 Å². The van der Waals surface area contributed by atoms with E-state index >= 15 is 0 Å². The van der Waals surface area contributed by atoms with Crippen LogP contribution in [-0.4, -0.2) is 29.6 Å². The number of hydrogen-bond donors (Lipinski definition) is 1. The van der Waals surface area contributed by atoms with Gasteiger partial charge in [0.05, 0.1) is 7.11 Å². The quantitative estimate of drug-likeness (QED) is 0.591. The fourth-order valence-corrected chi connectivity index (χ4v) is 3.90. The number of carbonyl (C=O) groups excluding carboxylic acids is 1. The molecule has 6 heteroatoms. The Balaban J connectivity index is 1.49. The summed E-state index contributed by atoms with van der Waals surface area (Å²) in [5.41, 5.74) is 3.99. The van der Waals surface area contributed by atoms with Crippen molar-refractivity contribution in [1.82, 2.24) is 9.97 Å². The average Bonchev–Trinajstić information content (AvgIpc) is 2.77. The third-order valence-corrected chi connectivity index (χ3v) is 5.37. The summed E-state index contributed by atoms with van der Waals surface area (Å²) in [4.78, 5) is 20.7. The zero-order chi connectivity index (χ0) is 20.9. The highest BCUT2D eigenvalue weighted by Gasteiger charge is 2.22. The van der Waals surface area contributed by atoms with E-state index in [2.05, 4.69) is 27.4 Å². The first-order valence-electron chi connectivity index (χ1n) is 10.2. The van der Waals surface area contributed by atoms with E-state index in [0.717, 1.165) is 30.7 Å². The number of carbonyl (C=O) groups is 1. The molecule has 0 aliphatic heterocycles. The predicted molar refractivity (Wildman–Crippen MR) is 115 cm³/mol. The molecule has 4 rings (SSSR count). The van der Waals surface area contributed by atoms with Gasteiger partial charge in [-0.3, -0.25) is 0 Å². The molecule has 6 nitrogen and oxygen atoms in total. The summed E-state index contributed by atoms with van der Waals surface area (Å²) in [5, 5.41) is 3.35. The molecule has 2 aromatic heterocycles. The lowest BCUT2D eigenvalue weighted by Gasteiger charge is -2.26. The standard InChI is InChI=1S/C24H25N3O3/c1-16-6-3-10-22(27-16)30-19-11-12-20-17(14-19)7-4-8-18(20)15-26-23-21(24(28)29-2)9-5-13-25-23/h3,5-6,9-14,18H,4,7-8,15H2,1-2H3,(H,25,26). The van der Waals surface area contributed by atoms with E-state index in [-0.39, 0.29) is 5.97 Å². The number of fused-ring (bicyclic) bond motifs is 1. The largest absolute Gasteiger partial charge is 0.465 e. The van der Waals surface area contributed by atoms with Gasteiger partial charge in [0.15, 0.2) is 0 Å². The van der Waals surface area contributed by atoms with Gasteiger partial charge in [0.2, 0.25) is 5.88 Å². The molecular weight excluding hydrogens is 378 g/mol. The second-order valence-corrected chi connectivity index (χ2v) is 7.44. The molecular formula is C24H25N3O3. The van der Waals surface area contributed by atoms with Gasteiger partial charge in [-0.25, -0.2) is 14.8 Å². The molecule has 1 aromatic carbocycles. The predicted octanol–water partition coefficient (Wildman–Crippen LogP) is 4.90. The monoisotopic (exact) mass is 403 g/mol. The molecule has 154 valence electrons. The molecule has 0 bridgehead atoms. The maximum atomic E-state index is 12.0. The van der Waals surface area contributed by atoms with Gasteiger partial charge in [0.25, 0.3) is 0 Å². The van der Waals surface area contributed by atoms with Gasteiger partial charge in [-0.1, -0.05) is 12.1 Å². The Labute approximate surface area is 176 Å². The summed E-state index contributed by atoms with van der Waals surface area (Å²) >= 11 is 0. The molecule has 3 aromatic rings. The molecule has 0 fully saturated rings. The van der Waals surface area contributed by atoms with E-state index in [1.165, 1.54) is 18.2 Å². The maximum Gasteiger partial charge on any atom is 0.341 e. The van der Waals surface area contributed by atoms with E-state index in [0.29, 0.717) is 29.7 Å². The van der Waals surface area contributed by atoms with Crippen LogP contribution in [0.5, 0.6) is 11.6 Å². The van der Waals surface area contributed by atoms with Gasteiger partial charge in [-0.05, 0) is 67.6 Å². The molecule has 0 amide bonds. The van der Waals surface area contributed by atoms with Crippen LogP contribution in [0.3, 0.4) is 0 Å². The van der Waals surface area contributed by atoms with Gasteiger partial charge in [-0.15, -0.1) is 0 Å². The smallest absolute Gasteiger partial charge is 0.341 e. The van der Waals surface area contributed by atoms with Crippen molar-refractivity contribution >= 4 is 11.8 Å². The summed E-state index contributed by atoms with van der Waals surface area (Å²) in [6, 6.07) is 15.5. The number of anilines is 1. The minimum Gasteiger partial charge on any atom is -0.465 e. The van der Waals surface area contributed by atoms with E-state index in [1.54, 1.807) is 18.3 Å². The number of nitrogens with zero attached hydrogens (tertiary/aromatic N) is 2. The van der Waals surface area contributed by atoms with Crippen LogP contribution >= 0.6 is 0 Å². The van der Waals surface area contributed by atoms with Crippen LogP contribution in [0.25, 0.3) is 0 Å². The Bertz CT molecular complexity index is 1050. The summed E-state index contributed by atoms with van der Waals surface area (Å²) in [6.07, 6.45) is 4.89. The molecule has 0 spiro atoms. The van der Waals surface area contributed by atoms with Gasteiger partial charge >= 0.3 is 5.97 Å². The number of benzene rings is 1. The van der Waals surface area contributed by atoms with Crippen LogP contribution in [0.2, 0.25) is 0 Å². The van der Waals surface area contributed by atoms with Crippen molar-refractivity contribution in [2.45, 2.75) is 32.1 Å². The van der Waals surface area contributed by atoms with Crippen LogP contribution in [-0.2, 0) is 11.2 Å². The lowest BCUT2D eigenvalue weighted by molar-refractivity contribution is 0.0601. The average molecular weight is 403 g/mol. The van der Waals surface area contributed by atoms with Crippen LogP contribution in [0.4, 0.5) is 5.82 Å². The molecule has 30 heavy (non-hydrogen) atoms. The fraction of sp³-hybridized carbons (Fsp3) is 0.292. The number of aryl methyl sites for hydroxylation is 2. The molecule has 1 N–H and O–H groups in total. The Morgan fingerprint density at radius 3 is 2.93 bits per heavy atom. The number of esters is 1. The Morgan fingerprint density at radius 2 is 2.10 bits per heavy atom. The van der Waals surface area contributed by atoms with Crippen molar-refractivity contribution < 1.29 is 14.3 Å². The van der Waals surface area contributed by atoms with Crippen molar-refractivity contribution in [3.05, 3.63) is 77.1 Å². The minimum atomic E-state index is -0.388. The second-order valence-electron chi connectivity index (χ2n) is 7.44. The van der Waals surface area contributed by atoms with Gasteiger partial charge in [0, 0.05) is 30.4 Å². The molecule has 0 saturated heterocycles. The zero-order valence-corrected chi connectivity index (χ0v) is 17.2. The highest BCUT2D eigenvalue weighted by molar-refractivity contribution is 5.94. The third-order valence-electron chi connectivity index (χ3n) is 5.37. The minimum absolute atomic E-state index is 0.340. The molecule has 1 aliphatic rings. The second kappa shape index (κ2) is 8.95. The zero-order valence-electron chi connectivity index (χ0n) is 17.2. The van der Waals surface area contributed by atoms with E-state index in [4.69, 9.17) is 9.47 Å². The number of rotatable bonds is 6. The highest BCUT2D eigenvalue weighted by Crippen LogP contribution is 2.35. The van der Waals surface area contributed by atoms with Crippen LogP contribution in [0, 0.1) is 6.92 Å². The van der Waals surface area contributed by atoms with Gasteiger partial charge < -0.3 is 14.8 Å². The summed E-state index contributed by atoms with van der Waals surface area (Å²) in [5.74, 6) is 1.92. The number of nitrogens with one attached hydrogen (secondary N) is 1. The van der Waals surface area contributed by atoms with Crippen LogP contribution in [0.1, 0.15) is 45.9 Å². The van der Waals surface area contributed by atoms with Crippen LogP contribution < -0.4 is 10.1 Å². The molecule has 1 atom stereocenters. The Morgan fingerprint density at radius 1 is 1.20 bits per heavy atom. The lowest BCUT2D eigenvalue weighted by atomic mass is 9.82. The lowest BCUT2D eigenvalue weighted by Crippen LogP contribution is -2.20. The van der Waals surface area contributed by atoms with Gasteiger partial charge in [-0.2, -0.15) is 0 Å². The summed E-state index contributed by atoms with van der Waals surface area (Å²) < 4.78 is 10.8.